The lowest BCUT2D eigenvalue weighted by atomic mass is 10.2. The van der Waals surface area contributed by atoms with Gasteiger partial charge in [0.2, 0.25) is 0 Å². The molecule has 0 spiro atoms. The van der Waals surface area contributed by atoms with Crippen LogP contribution in [0, 0.1) is 5.41 Å². The van der Waals surface area contributed by atoms with Gasteiger partial charge in [-0.25, -0.2) is 4.99 Å². The largest absolute Gasteiger partial charge is 0.367 e. The average molecular weight is 160 g/mol. The summed E-state index contributed by atoms with van der Waals surface area (Å²) in [7, 11) is 0. The molecule has 1 aromatic rings. The van der Waals surface area contributed by atoms with E-state index < -0.39 is 6.23 Å². The molecule has 60 valence electrons. The van der Waals surface area contributed by atoms with Crippen molar-refractivity contribution in [2.75, 3.05) is 0 Å². The molecule has 0 amide bonds. The number of aliphatic hydroxyl groups is 1. The molecule has 0 saturated heterocycles. The van der Waals surface area contributed by atoms with Gasteiger partial charge in [-0.15, -0.1) is 0 Å². The molecule has 0 bridgehead atoms. The lowest BCUT2D eigenvalue weighted by Gasteiger charge is -2.07. The molecule has 2 rings (SSSR count). The summed E-state index contributed by atoms with van der Waals surface area (Å²) < 4.78 is 0. The third-order valence-electron chi connectivity index (χ3n) is 1.79. The number of para-hydroxylation sites is 1. The molecular weight excluding hydrogens is 152 g/mol. The van der Waals surface area contributed by atoms with Crippen LogP contribution in [-0.4, -0.2) is 17.0 Å². The summed E-state index contributed by atoms with van der Waals surface area (Å²) in [6.45, 7) is 0. The Balaban J connectivity index is 2.79. The fraction of sp³-hybridized carbons (Fsp3) is 0.111. The summed E-state index contributed by atoms with van der Waals surface area (Å²) >= 11 is 0. The number of hydrogen-bond donors (Lipinski definition) is 2. The molecule has 0 fully saturated rings. The monoisotopic (exact) mass is 160 g/mol. The first-order chi connectivity index (χ1) is 5.77. The van der Waals surface area contributed by atoms with Gasteiger partial charge in [0.25, 0.3) is 0 Å². The number of rotatable bonds is 0. The predicted octanol–water partition coefficient (Wildman–Crippen LogP) is -0.562. The van der Waals surface area contributed by atoms with Crippen molar-refractivity contribution in [3.05, 3.63) is 34.8 Å². The average Bonchev–Trinajstić information content (AvgIpc) is 2.07. The van der Waals surface area contributed by atoms with E-state index in [4.69, 9.17) is 5.41 Å². The zero-order chi connectivity index (χ0) is 8.55. The summed E-state index contributed by atoms with van der Waals surface area (Å²) in [6.07, 6.45) is 0.646. The van der Waals surface area contributed by atoms with Crippen LogP contribution in [0.3, 0.4) is 0 Å². The minimum absolute atomic E-state index is 0.147. The van der Waals surface area contributed by atoms with Crippen molar-refractivity contribution in [2.45, 2.75) is 6.23 Å². The number of nitrogens with zero attached hydrogens (tertiary/aromatic N) is 1. The summed E-state index contributed by atoms with van der Waals surface area (Å²) in [5.41, 5.74) is 0.147. The third-order valence-corrected chi connectivity index (χ3v) is 1.79. The van der Waals surface area contributed by atoms with Gasteiger partial charge in [0.1, 0.15) is 0 Å². The molecule has 3 nitrogen and oxygen atoms in total. The van der Waals surface area contributed by atoms with Crippen LogP contribution in [0.4, 0.5) is 0 Å². The van der Waals surface area contributed by atoms with E-state index in [1.165, 1.54) is 0 Å². The quantitative estimate of drug-likeness (QED) is 0.525. The Morgan fingerprint density at radius 1 is 1.33 bits per heavy atom. The molecule has 2 N–H and O–H groups in total. The van der Waals surface area contributed by atoms with Crippen LogP contribution in [0.5, 0.6) is 0 Å². The Labute approximate surface area is 69.2 Å². The molecule has 3 heteroatoms. The Kier molecular flexibility index (Phi) is 1.52. The molecule has 0 radical (unpaired) electrons. The van der Waals surface area contributed by atoms with Crippen LogP contribution in [0.2, 0.25) is 0 Å². The first-order valence-electron chi connectivity index (χ1n) is 3.68. The van der Waals surface area contributed by atoms with E-state index in [1.54, 1.807) is 6.08 Å². The lowest BCUT2D eigenvalue weighted by Crippen LogP contribution is -2.35. The van der Waals surface area contributed by atoms with E-state index >= 15 is 0 Å². The zero-order valence-corrected chi connectivity index (χ0v) is 6.36. The highest BCUT2D eigenvalue weighted by Crippen LogP contribution is 1.91. The van der Waals surface area contributed by atoms with E-state index in [1.807, 2.05) is 24.3 Å². The molecule has 0 aliphatic carbocycles. The molecule has 1 aliphatic rings. The molecule has 12 heavy (non-hydrogen) atoms. The van der Waals surface area contributed by atoms with Gasteiger partial charge in [0.15, 0.2) is 6.23 Å². The summed E-state index contributed by atoms with van der Waals surface area (Å²) in [5, 5.41) is 18.2. The van der Waals surface area contributed by atoms with Gasteiger partial charge in [-0.05, 0) is 12.1 Å². The van der Waals surface area contributed by atoms with Crippen molar-refractivity contribution in [1.82, 2.24) is 0 Å². The first-order valence-corrected chi connectivity index (χ1v) is 3.68. The van der Waals surface area contributed by atoms with Crippen LogP contribution in [0.15, 0.2) is 29.3 Å². The Hall–Kier alpha value is -1.48. The molecular formula is C9H8N2O. The summed E-state index contributed by atoms with van der Waals surface area (Å²) in [6, 6.07) is 7.44. The zero-order valence-electron chi connectivity index (χ0n) is 6.36. The van der Waals surface area contributed by atoms with Crippen LogP contribution >= 0.6 is 0 Å². The lowest BCUT2D eigenvalue weighted by molar-refractivity contribution is 0.247. The van der Waals surface area contributed by atoms with Gasteiger partial charge in [0, 0.05) is 5.22 Å². The number of fused-ring (bicyclic) bond motifs is 1. The van der Waals surface area contributed by atoms with Crippen molar-refractivity contribution in [3.63, 3.8) is 0 Å². The smallest absolute Gasteiger partial charge is 0.188 e. The maximum Gasteiger partial charge on any atom is 0.188 e. The number of nitrogens with one attached hydrogen (secondary N) is 1. The summed E-state index contributed by atoms with van der Waals surface area (Å²) in [5.74, 6) is 0. The van der Waals surface area contributed by atoms with E-state index in [9.17, 15) is 5.11 Å². The molecule has 1 unspecified atom stereocenters. The molecule has 1 aliphatic heterocycles. The Bertz CT molecular complexity index is 436. The Morgan fingerprint density at radius 3 is 2.92 bits per heavy atom. The van der Waals surface area contributed by atoms with Crippen LogP contribution in [0.1, 0.15) is 0 Å². The summed E-state index contributed by atoms with van der Waals surface area (Å²) in [4.78, 5) is 3.93. The van der Waals surface area contributed by atoms with Crippen LogP contribution < -0.4 is 10.6 Å². The highest BCUT2D eigenvalue weighted by Gasteiger charge is 2.08. The van der Waals surface area contributed by atoms with Gasteiger partial charge in [-0.3, -0.25) is 0 Å². The number of aliphatic hydroxyl groups excluding tert-OH is 1. The van der Waals surface area contributed by atoms with Crippen LogP contribution in [-0.2, 0) is 0 Å². The molecule has 0 saturated carbocycles. The third kappa shape index (κ3) is 1.04. The van der Waals surface area contributed by atoms with Gasteiger partial charge < -0.3 is 10.5 Å². The second-order valence-corrected chi connectivity index (χ2v) is 2.66. The fourth-order valence-corrected chi connectivity index (χ4v) is 1.17. The van der Waals surface area contributed by atoms with Gasteiger partial charge >= 0.3 is 0 Å². The maximum absolute atomic E-state index is 9.20. The van der Waals surface area contributed by atoms with Crippen molar-refractivity contribution >= 4 is 11.8 Å². The Morgan fingerprint density at radius 2 is 2.08 bits per heavy atom. The molecule has 1 aromatic carbocycles. The second kappa shape index (κ2) is 2.53. The number of benzene rings is 1. The van der Waals surface area contributed by atoms with Crippen molar-refractivity contribution in [1.29, 1.82) is 5.41 Å². The molecule has 1 atom stereocenters. The molecule has 0 aromatic heterocycles. The van der Waals surface area contributed by atoms with Crippen LogP contribution in [0.25, 0.3) is 6.08 Å². The maximum atomic E-state index is 9.20. The van der Waals surface area contributed by atoms with E-state index in [0.717, 1.165) is 10.6 Å². The van der Waals surface area contributed by atoms with E-state index in [0.29, 0.717) is 0 Å². The SMILES string of the molecule is N=C1C=c2ccccc2=NC1O. The van der Waals surface area contributed by atoms with Crippen molar-refractivity contribution < 1.29 is 5.11 Å². The minimum atomic E-state index is -0.986. The first kappa shape index (κ1) is 7.18. The predicted molar refractivity (Wildman–Crippen MR) is 45.4 cm³/mol. The standard InChI is InChI=1S/C9H8N2O/c10-7-5-6-3-1-2-4-8(6)11-9(7)12/h1-5,9-10,12H. The van der Waals surface area contributed by atoms with Crippen molar-refractivity contribution in [3.8, 4) is 0 Å². The normalized spacial score (nSPS) is 20.8. The second-order valence-electron chi connectivity index (χ2n) is 2.66. The minimum Gasteiger partial charge on any atom is -0.367 e. The highest BCUT2D eigenvalue weighted by atomic mass is 16.3. The number of hydrogen-bond acceptors (Lipinski definition) is 3. The van der Waals surface area contributed by atoms with Gasteiger partial charge in [-0.1, -0.05) is 18.2 Å². The van der Waals surface area contributed by atoms with Gasteiger partial charge in [0.05, 0.1) is 11.1 Å². The van der Waals surface area contributed by atoms with E-state index in [-0.39, 0.29) is 5.71 Å². The fourth-order valence-electron chi connectivity index (χ4n) is 1.17. The van der Waals surface area contributed by atoms with Gasteiger partial charge in [-0.2, -0.15) is 0 Å². The van der Waals surface area contributed by atoms with E-state index in [2.05, 4.69) is 4.99 Å². The molecule has 1 heterocycles. The highest BCUT2D eigenvalue weighted by molar-refractivity contribution is 6.11. The van der Waals surface area contributed by atoms with Crippen molar-refractivity contribution in [2.24, 2.45) is 4.99 Å². The topological polar surface area (TPSA) is 56.4 Å².